The van der Waals surface area contributed by atoms with Gasteiger partial charge in [0.25, 0.3) is 5.69 Å². The predicted molar refractivity (Wildman–Crippen MR) is 146 cm³/mol. The number of nitriles is 1. The van der Waals surface area contributed by atoms with Gasteiger partial charge in [-0.05, 0) is 60.0 Å². The lowest BCUT2D eigenvalue weighted by Gasteiger charge is -2.15. The molecule has 0 radical (unpaired) electrons. The molecule has 0 aliphatic heterocycles. The van der Waals surface area contributed by atoms with Crippen molar-refractivity contribution < 1.29 is 19.1 Å². The molecule has 0 atom stereocenters. The zero-order valence-corrected chi connectivity index (χ0v) is 20.9. The van der Waals surface area contributed by atoms with Gasteiger partial charge in [0.05, 0.1) is 23.2 Å². The molecule has 4 aromatic carbocycles. The van der Waals surface area contributed by atoms with Crippen LogP contribution >= 0.6 is 0 Å². The molecule has 0 saturated heterocycles. The van der Waals surface area contributed by atoms with E-state index in [1.807, 2.05) is 79.7 Å². The number of benzene rings is 4. The highest BCUT2D eigenvalue weighted by molar-refractivity contribution is 5.90. The summed E-state index contributed by atoms with van der Waals surface area (Å²) in [7, 11) is 0. The van der Waals surface area contributed by atoms with E-state index in [2.05, 4.69) is 6.07 Å². The van der Waals surface area contributed by atoms with E-state index in [9.17, 15) is 15.4 Å². The van der Waals surface area contributed by atoms with Gasteiger partial charge < -0.3 is 14.2 Å². The Morgan fingerprint density at radius 2 is 1.50 bits per heavy atom. The Labute approximate surface area is 221 Å². The fraction of sp³-hybridized carbons (Fsp3) is 0.129. The topological polar surface area (TPSA) is 94.6 Å². The smallest absolute Gasteiger partial charge is 0.269 e. The highest BCUT2D eigenvalue weighted by atomic mass is 16.6. The average molecular weight is 507 g/mol. The third kappa shape index (κ3) is 6.77. The minimum Gasteiger partial charge on any atom is -0.490 e. The normalized spacial score (nSPS) is 10.9. The molecule has 0 bridgehead atoms. The standard InChI is InChI=1S/C31H26N2O5/c1-2-36-31-18-24(12-17-30(31)38-21-23-8-4-3-5-9-23)22-37-29-11-7-6-10-26(29)19-27(20-32)25-13-15-28(16-14-25)33(34)35/h3-19H,2,21-22H2,1H3/b27-19+. The lowest BCUT2D eigenvalue weighted by Crippen LogP contribution is -2.02. The van der Waals surface area contributed by atoms with Crippen LogP contribution in [0.5, 0.6) is 17.2 Å². The van der Waals surface area contributed by atoms with E-state index in [0.29, 0.717) is 41.6 Å². The average Bonchev–Trinajstić information content (AvgIpc) is 2.95. The molecule has 0 heterocycles. The first-order valence-electron chi connectivity index (χ1n) is 12.1. The number of allylic oxidation sites excluding steroid dienone is 1. The Morgan fingerprint density at radius 3 is 2.21 bits per heavy atom. The molecule has 190 valence electrons. The Kier molecular flexibility index (Phi) is 8.72. The highest BCUT2D eigenvalue weighted by Crippen LogP contribution is 2.31. The lowest BCUT2D eigenvalue weighted by molar-refractivity contribution is -0.384. The molecule has 4 rings (SSSR count). The number of rotatable bonds is 11. The summed E-state index contributed by atoms with van der Waals surface area (Å²) in [6, 6.07) is 31.1. The maximum Gasteiger partial charge on any atom is 0.269 e. The Hall–Kier alpha value is -5.09. The SMILES string of the molecule is CCOc1cc(COc2ccccc2/C=C(\C#N)c2ccc([N+](=O)[O-])cc2)ccc1OCc1ccccc1. The summed E-state index contributed by atoms with van der Waals surface area (Å²) >= 11 is 0. The summed E-state index contributed by atoms with van der Waals surface area (Å²) in [4.78, 5) is 10.5. The molecular weight excluding hydrogens is 480 g/mol. The summed E-state index contributed by atoms with van der Waals surface area (Å²) < 4.78 is 17.9. The maximum absolute atomic E-state index is 10.9. The van der Waals surface area contributed by atoms with Gasteiger partial charge in [-0.2, -0.15) is 5.26 Å². The number of non-ortho nitro benzene ring substituents is 1. The molecule has 0 aromatic heterocycles. The number of hydrogen-bond donors (Lipinski definition) is 0. The van der Waals surface area contributed by atoms with E-state index in [1.165, 1.54) is 12.1 Å². The van der Waals surface area contributed by atoms with Crippen molar-refractivity contribution >= 4 is 17.3 Å². The van der Waals surface area contributed by atoms with Gasteiger partial charge in [0.1, 0.15) is 19.0 Å². The number of nitro benzene ring substituents is 1. The molecule has 38 heavy (non-hydrogen) atoms. The molecule has 0 amide bonds. The summed E-state index contributed by atoms with van der Waals surface area (Å²) in [6.07, 6.45) is 1.71. The van der Waals surface area contributed by atoms with Gasteiger partial charge in [-0.3, -0.25) is 10.1 Å². The first kappa shape index (κ1) is 26.0. The van der Waals surface area contributed by atoms with E-state index in [0.717, 1.165) is 16.7 Å². The van der Waals surface area contributed by atoms with Crippen molar-refractivity contribution in [3.8, 4) is 23.3 Å². The molecule has 7 heteroatoms. The predicted octanol–water partition coefficient (Wildman–Crippen LogP) is 7.22. The largest absolute Gasteiger partial charge is 0.490 e. The summed E-state index contributed by atoms with van der Waals surface area (Å²) in [5.41, 5.74) is 3.61. The number of nitro groups is 1. The number of hydrogen-bond acceptors (Lipinski definition) is 6. The fourth-order valence-corrected chi connectivity index (χ4v) is 3.76. The molecule has 0 aliphatic carbocycles. The van der Waals surface area contributed by atoms with Gasteiger partial charge >= 0.3 is 0 Å². The minimum atomic E-state index is -0.471. The second-order valence-corrected chi connectivity index (χ2v) is 8.29. The third-order valence-electron chi connectivity index (χ3n) is 5.67. The molecular formula is C31H26N2O5. The lowest BCUT2D eigenvalue weighted by atomic mass is 10.0. The van der Waals surface area contributed by atoms with E-state index < -0.39 is 4.92 Å². The minimum absolute atomic E-state index is 0.0299. The van der Waals surface area contributed by atoms with Gasteiger partial charge in [-0.15, -0.1) is 0 Å². The van der Waals surface area contributed by atoms with Crippen LogP contribution in [0.3, 0.4) is 0 Å². The zero-order valence-electron chi connectivity index (χ0n) is 20.9. The van der Waals surface area contributed by atoms with Crippen LogP contribution in [0.4, 0.5) is 5.69 Å². The molecule has 0 N–H and O–H groups in total. The number of para-hydroxylation sites is 1. The molecule has 0 unspecified atom stereocenters. The maximum atomic E-state index is 10.9. The van der Waals surface area contributed by atoms with Gasteiger partial charge in [-0.25, -0.2) is 0 Å². The van der Waals surface area contributed by atoms with Crippen molar-refractivity contribution in [2.75, 3.05) is 6.61 Å². The van der Waals surface area contributed by atoms with E-state index in [4.69, 9.17) is 14.2 Å². The zero-order chi connectivity index (χ0) is 26.7. The molecule has 0 saturated carbocycles. The van der Waals surface area contributed by atoms with Gasteiger partial charge in [0.2, 0.25) is 0 Å². The van der Waals surface area contributed by atoms with Gasteiger partial charge in [-0.1, -0.05) is 54.6 Å². The third-order valence-corrected chi connectivity index (χ3v) is 5.67. The van der Waals surface area contributed by atoms with Crippen LogP contribution in [0, 0.1) is 21.4 Å². The Balaban J connectivity index is 1.50. The first-order chi connectivity index (χ1) is 18.6. The van der Waals surface area contributed by atoms with E-state index >= 15 is 0 Å². The molecule has 0 spiro atoms. The quantitative estimate of drug-likeness (QED) is 0.0923. The Morgan fingerprint density at radius 1 is 0.816 bits per heavy atom. The summed E-state index contributed by atoms with van der Waals surface area (Å²) in [6.45, 7) is 3.14. The van der Waals surface area contributed by atoms with Crippen LogP contribution in [0.15, 0.2) is 97.1 Å². The number of nitrogens with zero attached hydrogens (tertiary/aromatic N) is 2. The van der Waals surface area contributed by atoms with E-state index in [-0.39, 0.29) is 12.3 Å². The van der Waals surface area contributed by atoms with E-state index in [1.54, 1.807) is 18.2 Å². The van der Waals surface area contributed by atoms with Gasteiger partial charge in [0.15, 0.2) is 11.5 Å². The number of ether oxygens (including phenoxy) is 3. The van der Waals surface area contributed by atoms with Crippen LogP contribution < -0.4 is 14.2 Å². The van der Waals surface area contributed by atoms with Crippen molar-refractivity contribution in [3.63, 3.8) is 0 Å². The van der Waals surface area contributed by atoms with Crippen LogP contribution in [-0.2, 0) is 13.2 Å². The molecule has 4 aromatic rings. The van der Waals surface area contributed by atoms with Crippen molar-refractivity contribution in [3.05, 3.63) is 129 Å². The van der Waals surface area contributed by atoms with Crippen LogP contribution in [-0.4, -0.2) is 11.5 Å². The van der Waals surface area contributed by atoms with Crippen LogP contribution in [0.25, 0.3) is 11.6 Å². The fourth-order valence-electron chi connectivity index (χ4n) is 3.76. The monoisotopic (exact) mass is 506 g/mol. The Bertz CT molecular complexity index is 1460. The highest BCUT2D eigenvalue weighted by Gasteiger charge is 2.11. The van der Waals surface area contributed by atoms with Crippen molar-refractivity contribution in [1.82, 2.24) is 0 Å². The summed E-state index contributed by atoms with van der Waals surface area (Å²) in [5, 5.41) is 20.7. The first-order valence-corrected chi connectivity index (χ1v) is 12.1. The molecule has 0 fully saturated rings. The molecule has 7 nitrogen and oxygen atoms in total. The van der Waals surface area contributed by atoms with Crippen molar-refractivity contribution in [2.24, 2.45) is 0 Å². The second kappa shape index (κ2) is 12.7. The van der Waals surface area contributed by atoms with Crippen molar-refractivity contribution in [1.29, 1.82) is 5.26 Å². The van der Waals surface area contributed by atoms with Gasteiger partial charge in [0, 0.05) is 17.7 Å². The van der Waals surface area contributed by atoms with Crippen LogP contribution in [0.2, 0.25) is 0 Å². The van der Waals surface area contributed by atoms with Crippen molar-refractivity contribution in [2.45, 2.75) is 20.1 Å². The molecule has 0 aliphatic rings. The van der Waals surface area contributed by atoms with Crippen LogP contribution in [0.1, 0.15) is 29.2 Å². The summed E-state index contributed by atoms with van der Waals surface area (Å²) in [5.74, 6) is 1.90. The second-order valence-electron chi connectivity index (χ2n) is 8.29.